The Morgan fingerprint density at radius 1 is 1.45 bits per heavy atom. The van der Waals surface area contributed by atoms with E-state index in [1.807, 2.05) is 6.92 Å². The Balaban J connectivity index is 0.000001000. The molecule has 1 aromatic rings. The van der Waals surface area contributed by atoms with Crippen molar-refractivity contribution in [1.82, 2.24) is 4.98 Å². The molecule has 0 aliphatic carbocycles. The third-order valence-corrected chi connectivity index (χ3v) is 1.32. The topological polar surface area (TPSA) is 90.6 Å². The molecule has 1 aromatic heterocycles. The average Bonchev–Trinajstić information content (AvgIpc) is 1.82. The van der Waals surface area contributed by atoms with E-state index in [1.165, 1.54) is 0 Å². The summed E-state index contributed by atoms with van der Waals surface area (Å²) in [6, 6.07) is 1.64. The summed E-state index contributed by atoms with van der Waals surface area (Å²) in [5, 5.41) is 9.14. The normalized spacial score (nSPS) is 8.91. The van der Waals surface area contributed by atoms with Gasteiger partial charge in [0.1, 0.15) is 0 Å². The first kappa shape index (κ1) is 9.71. The van der Waals surface area contributed by atoms with Gasteiger partial charge in [-0.1, -0.05) is 0 Å². The molecule has 11 heavy (non-hydrogen) atoms. The molecule has 0 unspecified atom stereocenters. The van der Waals surface area contributed by atoms with Crippen LogP contribution in [0.4, 0.5) is 5.69 Å². The summed E-state index contributed by atoms with van der Waals surface area (Å²) in [7, 11) is 0. The van der Waals surface area contributed by atoms with Gasteiger partial charge in [-0.05, 0) is 19.9 Å². The van der Waals surface area contributed by atoms with Crippen molar-refractivity contribution in [2.24, 2.45) is 0 Å². The maximum absolute atomic E-state index is 9.14. The van der Waals surface area contributed by atoms with Gasteiger partial charge in [-0.15, -0.1) is 0 Å². The van der Waals surface area contributed by atoms with Gasteiger partial charge in [0.15, 0.2) is 5.75 Å². The number of hydrogen-bond acceptors (Lipinski definition) is 3. The van der Waals surface area contributed by atoms with Crippen LogP contribution < -0.4 is 5.73 Å². The number of aromatic hydroxyl groups is 1. The van der Waals surface area contributed by atoms with Crippen LogP contribution in [0.1, 0.15) is 11.4 Å². The molecule has 4 nitrogen and oxygen atoms in total. The van der Waals surface area contributed by atoms with Crippen molar-refractivity contribution in [3.63, 3.8) is 0 Å². The van der Waals surface area contributed by atoms with Crippen molar-refractivity contribution >= 4 is 5.69 Å². The van der Waals surface area contributed by atoms with Crippen LogP contribution in [0.15, 0.2) is 6.07 Å². The Kier molecular flexibility index (Phi) is 2.83. The molecular formula is C7H12N2O2. The second-order valence-electron chi connectivity index (χ2n) is 2.29. The van der Waals surface area contributed by atoms with E-state index in [0.717, 1.165) is 5.69 Å². The van der Waals surface area contributed by atoms with E-state index in [1.54, 1.807) is 13.0 Å². The smallest absolute Gasteiger partial charge is 0.159 e. The Morgan fingerprint density at radius 2 is 2.00 bits per heavy atom. The fourth-order valence-electron chi connectivity index (χ4n) is 0.852. The number of rotatable bonds is 0. The molecule has 5 N–H and O–H groups in total. The number of nitrogens with zero attached hydrogens (tertiary/aromatic N) is 1. The van der Waals surface area contributed by atoms with Crippen LogP contribution >= 0.6 is 0 Å². The standard InChI is InChI=1S/C7H10N2O.H2O/c1-4-3-6(8)7(10)5(2)9-4;/h3,10H,1-2H3,(H2,8,9);1H2. The molecule has 0 radical (unpaired) electrons. The van der Waals surface area contributed by atoms with E-state index in [0.29, 0.717) is 11.4 Å². The molecule has 0 bridgehead atoms. The summed E-state index contributed by atoms with van der Waals surface area (Å²) >= 11 is 0. The van der Waals surface area contributed by atoms with E-state index < -0.39 is 0 Å². The Morgan fingerprint density at radius 3 is 2.45 bits per heavy atom. The van der Waals surface area contributed by atoms with Crippen LogP contribution in [-0.4, -0.2) is 15.6 Å². The zero-order valence-electron chi connectivity index (χ0n) is 6.55. The predicted molar refractivity (Wildman–Crippen MR) is 43.4 cm³/mol. The summed E-state index contributed by atoms with van der Waals surface area (Å²) < 4.78 is 0. The Bertz CT molecular complexity index is 238. The lowest BCUT2D eigenvalue weighted by molar-refractivity contribution is 0.470. The first-order chi connectivity index (χ1) is 4.61. The molecule has 4 heteroatoms. The second kappa shape index (κ2) is 3.21. The monoisotopic (exact) mass is 156 g/mol. The van der Waals surface area contributed by atoms with Gasteiger partial charge >= 0.3 is 0 Å². The zero-order valence-corrected chi connectivity index (χ0v) is 6.55. The number of hydrogen-bond donors (Lipinski definition) is 2. The summed E-state index contributed by atoms with van der Waals surface area (Å²) in [5.41, 5.74) is 7.23. The average molecular weight is 156 g/mol. The van der Waals surface area contributed by atoms with Gasteiger partial charge < -0.3 is 16.3 Å². The summed E-state index contributed by atoms with van der Waals surface area (Å²) in [4.78, 5) is 4.00. The molecule has 0 aromatic carbocycles. The number of pyridine rings is 1. The number of aromatic nitrogens is 1. The van der Waals surface area contributed by atoms with Gasteiger partial charge in [-0.25, -0.2) is 0 Å². The lowest BCUT2D eigenvalue weighted by Crippen LogP contribution is -1.92. The van der Waals surface area contributed by atoms with Crippen molar-refractivity contribution in [3.05, 3.63) is 17.5 Å². The number of nitrogen functional groups attached to an aromatic ring is 1. The highest BCUT2D eigenvalue weighted by atomic mass is 16.3. The van der Waals surface area contributed by atoms with Gasteiger partial charge in [0.2, 0.25) is 0 Å². The van der Waals surface area contributed by atoms with Crippen LogP contribution in [0.2, 0.25) is 0 Å². The fraction of sp³-hybridized carbons (Fsp3) is 0.286. The van der Waals surface area contributed by atoms with E-state index in [-0.39, 0.29) is 11.2 Å². The van der Waals surface area contributed by atoms with E-state index >= 15 is 0 Å². The highest BCUT2D eigenvalue weighted by molar-refractivity contribution is 5.53. The molecule has 0 spiro atoms. The molecule has 62 valence electrons. The van der Waals surface area contributed by atoms with Gasteiger partial charge in [0.25, 0.3) is 0 Å². The maximum Gasteiger partial charge on any atom is 0.159 e. The molecule has 1 heterocycles. The largest absolute Gasteiger partial charge is 0.504 e. The molecular weight excluding hydrogens is 144 g/mol. The predicted octanol–water partition coefficient (Wildman–Crippen LogP) is 0.162. The van der Waals surface area contributed by atoms with Crippen molar-refractivity contribution < 1.29 is 10.6 Å². The van der Waals surface area contributed by atoms with E-state index in [4.69, 9.17) is 10.8 Å². The molecule has 1 rings (SSSR count). The van der Waals surface area contributed by atoms with Crippen LogP contribution in [0.3, 0.4) is 0 Å². The van der Waals surface area contributed by atoms with Crippen molar-refractivity contribution in [3.8, 4) is 5.75 Å². The van der Waals surface area contributed by atoms with Gasteiger partial charge in [0, 0.05) is 5.69 Å². The number of aryl methyl sites for hydroxylation is 2. The maximum atomic E-state index is 9.14. The molecule has 0 fully saturated rings. The minimum atomic E-state index is 0. The van der Waals surface area contributed by atoms with Crippen LogP contribution in [0, 0.1) is 13.8 Å². The highest BCUT2D eigenvalue weighted by Gasteiger charge is 2.01. The van der Waals surface area contributed by atoms with Gasteiger partial charge in [0.05, 0.1) is 11.4 Å². The third-order valence-electron chi connectivity index (χ3n) is 1.32. The van der Waals surface area contributed by atoms with Gasteiger partial charge in [-0.3, -0.25) is 4.98 Å². The zero-order chi connectivity index (χ0) is 7.72. The molecule has 0 atom stereocenters. The van der Waals surface area contributed by atoms with E-state index in [9.17, 15) is 0 Å². The van der Waals surface area contributed by atoms with E-state index in [2.05, 4.69) is 4.98 Å². The lowest BCUT2D eigenvalue weighted by Gasteiger charge is -2.01. The number of anilines is 1. The Hall–Kier alpha value is -1.29. The van der Waals surface area contributed by atoms with Crippen LogP contribution in [0.25, 0.3) is 0 Å². The minimum Gasteiger partial charge on any atom is -0.504 e. The van der Waals surface area contributed by atoms with Gasteiger partial charge in [-0.2, -0.15) is 0 Å². The quantitative estimate of drug-likeness (QED) is 0.560. The van der Waals surface area contributed by atoms with Crippen LogP contribution in [-0.2, 0) is 0 Å². The Labute approximate surface area is 65.0 Å². The molecule has 0 aliphatic heterocycles. The summed E-state index contributed by atoms with van der Waals surface area (Å²) in [5.74, 6) is 0.0885. The van der Waals surface area contributed by atoms with Crippen molar-refractivity contribution in [1.29, 1.82) is 0 Å². The summed E-state index contributed by atoms with van der Waals surface area (Å²) in [6.07, 6.45) is 0. The molecule has 0 saturated carbocycles. The summed E-state index contributed by atoms with van der Waals surface area (Å²) in [6.45, 7) is 3.56. The number of nitrogens with two attached hydrogens (primary N) is 1. The molecule has 0 saturated heterocycles. The SMILES string of the molecule is Cc1cc(N)c(O)c(C)n1.O. The third kappa shape index (κ3) is 1.81. The second-order valence-corrected chi connectivity index (χ2v) is 2.29. The molecule has 0 aliphatic rings. The molecule has 0 amide bonds. The van der Waals surface area contributed by atoms with Crippen molar-refractivity contribution in [2.45, 2.75) is 13.8 Å². The lowest BCUT2D eigenvalue weighted by atomic mass is 10.2. The first-order valence-electron chi connectivity index (χ1n) is 3.04. The first-order valence-corrected chi connectivity index (χ1v) is 3.04. The minimum absolute atomic E-state index is 0. The highest BCUT2D eigenvalue weighted by Crippen LogP contribution is 2.22. The van der Waals surface area contributed by atoms with Crippen LogP contribution in [0.5, 0.6) is 5.75 Å². The van der Waals surface area contributed by atoms with Crippen molar-refractivity contribution in [2.75, 3.05) is 5.73 Å². The fourth-order valence-corrected chi connectivity index (χ4v) is 0.852.